The van der Waals surface area contributed by atoms with Crippen LogP contribution in [0, 0.1) is 5.41 Å². The molecule has 0 aromatic heterocycles. The summed E-state index contributed by atoms with van der Waals surface area (Å²) in [5.41, 5.74) is 5.54. The van der Waals surface area contributed by atoms with Crippen LogP contribution in [-0.4, -0.2) is 23.1 Å². The van der Waals surface area contributed by atoms with Gasteiger partial charge in [-0.3, -0.25) is 4.79 Å². The first-order valence-corrected chi connectivity index (χ1v) is 4.60. The van der Waals surface area contributed by atoms with Crippen molar-refractivity contribution in [1.29, 1.82) is 0 Å². The normalized spacial score (nSPS) is 20.4. The SMILES string of the molecule is NCC1(CC(=O)O)CCCCC1.O. The topological polar surface area (TPSA) is 94.8 Å². The molecule has 1 aliphatic carbocycles. The molecule has 5 N–H and O–H groups in total. The fraction of sp³-hybridized carbons (Fsp3) is 0.889. The number of rotatable bonds is 3. The molecule has 0 aromatic carbocycles. The fourth-order valence-electron chi connectivity index (χ4n) is 2.08. The number of hydrogen-bond acceptors (Lipinski definition) is 2. The van der Waals surface area contributed by atoms with Crippen molar-refractivity contribution in [3.05, 3.63) is 0 Å². The van der Waals surface area contributed by atoms with Gasteiger partial charge in [-0.2, -0.15) is 0 Å². The molecule has 0 unspecified atom stereocenters. The maximum atomic E-state index is 10.6. The fourth-order valence-corrected chi connectivity index (χ4v) is 2.08. The second-order valence-corrected chi connectivity index (χ2v) is 3.84. The van der Waals surface area contributed by atoms with Crippen LogP contribution in [0.3, 0.4) is 0 Å². The van der Waals surface area contributed by atoms with Crippen LogP contribution >= 0.6 is 0 Å². The first kappa shape index (κ1) is 12.4. The van der Waals surface area contributed by atoms with Crippen molar-refractivity contribution in [1.82, 2.24) is 0 Å². The molecular weight excluding hydrogens is 170 g/mol. The summed E-state index contributed by atoms with van der Waals surface area (Å²) >= 11 is 0. The molecule has 0 saturated heterocycles. The molecule has 0 spiro atoms. The highest BCUT2D eigenvalue weighted by Crippen LogP contribution is 2.38. The molecule has 4 heteroatoms. The van der Waals surface area contributed by atoms with Crippen LogP contribution in [0.1, 0.15) is 38.5 Å². The minimum atomic E-state index is -0.706. The average molecular weight is 189 g/mol. The minimum Gasteiger partial charge on any atom is -0.481 e. The number of carboxylic acids is 1. The third-order valence-corrected chi connectivity index (χ3v) is 2.87. The third kappa shape index (κ3) is 3.32. The predicted octanol–water partition coefficient (Wildman–Crippen LogP) is 0.546. The molecule has 0 radical (unpaired) electrons. The van der Waals surface area contributed by atoms with E-state index in [1.54, 1.807) is 0 Å². The van der Waals surface area contributed by atoms with E-state index in [9.17, 15) is 4.79 Å². The van der Waals surface area contributed by atoms with Crippen LogP contribution in [0.5, 0.6) is 0 Å². The van der Waals surface area contributed by atoms with E-state index in [1.165, 1.54) is 6.42 Å². The molecule has 1 aliphatic rings. The second-order valence-electron chi connectivity index (χ2n) is 3.84. The average Bonchev–Trinajstić information content (AvgIpc) is 2.05. The monoisotopic (exact) mass is 189 g/mol. The number of aliphatic carboxylic acids is 1. The number of nitrogens with two attached hydrogens (primary N) is 1. The first-order chi connectivity index (χ1) is 5.68. The lowest BCUT2D eigenvalue weighted by atomic mass is 9.72. The summed E-state index contributed by atoms with van der Waals surface area (Å²) in [6.45, 7) is 0.527. The maximum Gasteiger partial charge on any atom is 0.303 e. The van der Waals surface area contributed by atoms with E-state index in [-0.39, 0.29) is 17.3 Å². The minimum absolute atomic E-state index is 0. The van der Waals surface area contributed by atoms with Gasteiger partial charge in [0.15, 0.2) is 0 Å². The maximum absolute atomic E-state index is 10.6. The summed E-state index contributed by atoms with van der Waals surface area (Å²) in [5, 5.41) is 8.71. The van der Waals surface area contributed by atoms with E-state index in [4.69, 9.17) is 10.8 Å². The zero-order chi connectivity index (χ0) is 9.03. The van der Waals surface area contributed by atoms with E-state index in [1.807, 2.05) is 0 Å². The van der Waals surface area contributed by atoms with Gasteiger partial charge in [0.25, 0.3) is 0 Å². The molecule has 0 aromatic rings. The first-order valence-electron chi connectivity index (χ1n) is 4.60. The zero-order valence-corrected chi connectivity index (χ0v) is 7.88. The van der Waals surface area contributed by atoms with Crippen LogP contribution in [0.15, 0.2) is 0 Å². The molecule has 0 aliphatic heterocycles. The van der Waals surface area contributed by atoms with Gasteiger partial charge in [0, 0.05) is 0 Å². The standard InChI is InChI=1S/C9H17NO2.H2O/c10-7-9(6-8(11)12)4-2-1-3-5-9;/h1-7,10H2,(H,11,12);1H2. The van der Waals surface area contributed by atoms with E-state index in [0.29, 0.717) is 6.54 Å². The van der Waals surface area contributed by atoms with Crippen LogP contribution in [0.4, 0.5) is 0 Å². The Labute approximate surface area is 78.4 Å². The van der Waals surface area contributed by atoms with Crippen LogP contribution in [0.2, 0.25) is 0 Å². The van der Waals surface area contributed by atoms with Gasteiger partial charge < -0.3 is 16.3 Å². The van der Waals surface area contributed by atoms with E-state index < -0.39 is 5.97 Å². The van der Waals surface area contributed by atoms with E-state index >= 15 is 0 Å². The molecule has 0 heterocycles. The number of hydrogen-bond donors (Lipinski definition) is 2. The third-order valence-electron chi connectivity index (χ3n) is 2.87. The lowest BCUT2D eigenvalue weighted by molar-refractivity contribution is -0.140. The van der Waals surface area contributed by atoms with Crippen molar-refractivity contribution >= 4 is 5.97 Å². The molecule has 78 valence electrons. The van der Waals surface area contributed by atoms with E-state index in [0.717, 1.165) is 25.7 Å². The van der Waals surface area contributed by atoms with Gasteiger partial charge in [0.05, 0.1) is 6.42 Å². The van der Waals surface area contributed by atoms with Gasteiger partial charge in [0.2, 0.25) is 0 Å². The van der Waals surface area contributed by atoms with Crippen molar-refractivity contribution in [3.8, 4) is 0 Å². The number of carboxylic acid groups (broad SMARTS) is 1. The Morgan fingerprint density at radius 3 is 2.23 bits per heavy atom. The highest BCUT2D eigenvalue weighted by atomic mass is 16.4. The lowest BCUT2D eigenvalue weighted by Gasteiger charge is -2.34. The van der Waals surface area contributed by atoms with Crippen LogP contribution in [-0.2, 0) is 4.79 Å². The largest absolute Gasteiger partial charge is 0.481 e. The Balaban J connectivity index is 0.00000144. The number of carbonyl (C=O) groups is 1. The van der Waals surface area contributed by atoms with E-state index in [2.05, 4.69) is 0 Å². The van der Waals surface area contributed by atoms with Crippen molar-refractivity contribution in [3.63, 3.8) is 0 Å². The quantitative estimate of drug-likeness (QED) is 0.678. The zero-order valence-electron chi connectivity index (χ0n) is 7.88. The molecular formula is C9H19NO3. The summed E-state index contributed by atoms with van der Waals surface area (Å²) in [5.74, 6) is -0.706. The van der Waals surface area contributed by atoms with Crippen molar-refractivity contribution in [2.75, 3.05) is 6.54 Å². The van der Waals surface area contributed by atoms with Gasteiger partial charge >= 0.3 is 5.97 Å². The summed E-state index contributed by atoms with van der Waals surface area (Å²) < 4.78 is 0. The molecule has 4 nitrogen and oxygen atoms in total. The molecule has 0 amide bonds. The second kappa shape index (κ2) is 5.19. The lowest BCUT2D eigenvalue weighted by Crippen LogP contribution is -2.34. The Morgan fingerprint density at radius 2 is 1.85 bits per heavy atom. The summed E-state index contributed by atoms with van der Waals surface area (Å²) in [6.07, 6.45) is 5.77. The van der Waals surface area contributed by atoms with Crippen molar-refractivity contribution in [2.45, 2.75) is 38.5 Å². The Hall–Kier alpha value is -0.610. The predicted molar refractivity (Wildman–Crippen MR) is 50.4 cm³/mol. The Morgan fingerprint density at radius 1 is 1.31 bits per heavy atom. The van der Waals surface area contributed by atoms with Crippen LogP contribution < -0.4 is 5.73 Å². The van der Waals surface area contributed by atoms with Gasteiger partial charge in [-0.25, -0.2) is 0 Å². The highest BCUT2D eigenvalue weighted by molar-refractivity contribution is 5.67. The molecule has 13 heavy (non-hydrogen) atoms. The molecule has 1 fully saturated rings. The summed E-state index contributed by atoms with van der Waals surface area (Å²) in [7, 11) is 0. The summed E-state index contributed by atoms with van der Waals surface area (Å²) in [6, 6.07) is 0. The van der Waals surface area contributed by atoms with Crippen LogP contribution in [0.25, 0.3) is 0 Å². The van der Waals surface area contributed by atoms with Crippen molar-refractivity contribution in [2.24, 2.45) is 11.1 Å². The Kier molecular flexibility index (Phi) is 4.95. The van der Waals surface area contributed by atoms with Gasteiger partial charge in [-0.1, -0.05) is 19.3 Å². The van der Waals surface area contributed by atoms with Crippen molar-refractivity contribution < 1.29 is 15.4 Å². The smallest absolute Gasteiger partial charge is 0.303 e. The molecule has 0 bridgehead atoms. The molecule has 1 rings (SSSR count). The van der Waals surface area contributed by atoms with Gasteiger partial charge in [-0.15, -0.1) is 0 Å². The summed E-state index contributed by atoms with van der Waals surface area (Å²) in [4.78, 5) is 10.6. The Bertz CT molecular complexity index is 164. The highest BCUT2D eigenvalue weighted by Gasteiger charge is 2.32. The van der Waals surface area contributed by atoms with Gasteiger partial charge in [-0.05, 0) is 24.8 Å². The van der Waals surface area contributed by atoms with Gasteiger partial charge in [0.1, 0.15) is 0 Å². The molecule has 0 atom stereocenters. The molecule has 1 saturated carbocycles.